The summed E-state index contributed by atoms with van der Waals surface area (Å²) in [6, 6.07) is 22.2. The van der Waals surface area contributed by atoms with Gasteiger partial charge in [0.2, 0.25) is 0 Å². The number of aromatic nitrogens is 4. The molecule has 0 aliphatic carbocycles. The normalized spacial score (nSPS) is 14.3. The van der Waals surface area contributed by atoms with Crippen LogP contribution in [-0.4, -0.2) is 43.9 Å². The first-order valence-electron chi connectivity index (χ1n) is 16.5. The van der Waals surface area contributed by atoms with Crippen molar-refractivity contribution in [3.8, 4) is 17.1 Å². The summed E-state index contributed by atoms with van der Waals surface area (Å²) in [6.07, 6.45) is 1.62. The van der Waals surface area contributed by atoms with Crippen molar-refractivity contribution in [1.29, 1.82) is 0 Å². The summed E-state index contributed by atoms with van der Waals surface area (Å²) in [5, 5.41) is 23.6. The number of benzene rings is 4. The zero-order chi connectivity index (χ0) is 37.4. The van der Waals surface area contributed by atoms with E-state index in [1.807, 2.05) is 60.0 Å². The SMILES string of the molecule is CCOC(=O)C1=C(C)N=c2s/c(=C/c3cc([N+](=O)[O-])ccc3Sc3nnc(-c4cccc(Cl)c4)n3CC)c(=O)n2[C@@H]1c1c(OC)ccc2ccccc12. The molecule has 1 aliphatic heterocycles. The molecule has 0 bridgehead atoms. The van der Waals surface area contributed by atoms with Crippen molar-refractivity contribution in [3.63, 3.8) is 0 Å². The predicted molar refractivity (Wildman–Crippen MR) is 204 cm³/mol. The second-order valence-corrected chi connectivity index (χ2v) is 14.3. The lowest BCUT2D eigenvalue weighted by Crippen LogP contribution is -2.40. The van der Waals surface area contributed by atoms with Gasteiger partial charge in [0.15, 0.2) is 15.8 Å². The van der Waals surface area contributed by atoms with E-state index in [9.17, 15) is 19.7 Å². The number of carbonyl (C=O) groups is 1. The Hall–Kier alpha value is -5.57. The molecule has 1 aliphatic rings. The zero-order valence-corrected chi connectivity index (χ0v) is 31.3. The Bertz CT molecular complexity index is 2670. The molecule has 7 rings (SSSR count). The number of halogens is 1. The van der Waals surface area contributed by atoms with Crippen LogP contribution in [0.3, 0.4) is 0 Å². The van der Waals surface area contributed by atoms with Crippen molar-refractivity contribution < 1.29 is 19.2 Å². The fourth-order valence-corrected chi connectivity index (χ4v) is 8.59. The number of allylic oxidation sites excluding steroid dienone is 1. The van der Waals surface area contributed by atoms with Crippen molar-refractivity contribution in [2.45, 2.75) is 43.4 Å². The van der Waals surface area contributed by atoms with Crippen molar-refractivity contribution in [3.05, 3.63) is 136 Å². The smallest absolute Gasteiger partial charge is 0.338 e. The summed E-state index contributed by atoms with van der Waals surface area (Å²) < 4.78 is 15.0. The minimum Gasteiger partial charge on any atom is -0.496 e. The highest BCUT2D eigenvalue weighted by molar-refractivity contribution is 7.99. The van der Waals surface area contributed by atoms with Gasteiger partial charge in [-0.05, 0) is 79.2 Å². The Morgan fingerprint density at radius 3 is 2.62 bits per heavy atom. The number of nitrogens with zero attached hydrogens (tertiary/aromatic N) is 6. The molecule has 0 fully saturated rings. The maximum absolute atomic E-state index is 14.6. The number of methoxy groups -OCH3 is 1. The van der Waals surface area contributed by atoms with Gasteiger partial charge in [0.05, 0.1) is 34.4 Å². The number of ether oxygens (including phenoxy) is 2. The molecular formula is C38H31ClN6O6S2. The molecule has 0 radical (unpaired) electrons. The lowest BCUT2D eigenvalue weighted by molar-refractivity contribution is -0.384. The molecule has 2 aromatic heterocycles. The van der Waals surface area contributed by atoms with Crippen LogP contribution in [0.25, 0.3) is 28.2 Å². The summed E-state index contributed by atoms with van der Waals surface area (Å²) in [5.41, 5.74) is 1.84. The maximum Gasteiger partial charge on any atom is 0.338 e. The lowest BCUT2D eigenvalue weighted by Gasteiger charge is -2.27. The van der Waals surface area contributed by atoms with Gasteiger partial charge in [-0.2, -0.15) is 0 Å². The zero-order valence-electron chi connectivity index (χ0n) is 28.9. The number of esters is 1. The van der Waals surface area contributed by atoms with E-state index in [0.717, 1.165) is 27.7 Å². The van der Waals surface area contributed by atoms with Gasteiger partial charge in [-0.1, -0.05) is 65.4 Å². The number of non-ortho nitro benzene ring substituents is 1. The number of nitro benzene ring substituents is 1. The molecule has 0 saturated carbocycles. The molecule has 0 unspecified atom stereocenters. The Kier molecular flexibility index (Phi) is 10.0. The number of hydrogen-bond donors (Lipinski definition) is 0. The van der Waals surface area contributed by atoms with Gasteiger partial charge < -0.3 is 14.0 Å². The number of thiazole rings is 1. The third-order valence-electron chi connectivity index (χ3n) is 8.75. The summed E-state index contributed by atoms with van der Waals surface area (Å²) in [6.45, 7) is 6.06. The monoisotopic (exact) mass is 766 g/mol. The van der Waals surface area contributed by atoms with Crippen LogP contribution >= 0.6 is 34.7 Å². The second-order valence-electron chi connectivity index (χ2n) is 11.8. The highest BCUT2D eigenvalue weighted by atomic mass is 35.5. The molecule has 0 amide bonds. The van der Waals surface area contributed by atoms with Crippen molar-refractivity contribution in [1.82, 2.24) is 19.3 Å². The predicted octanol–water partition coefficient (Wildman–Crippen LogP) is 6.95. The first-order valence-corrected chi connectivity index (χ1v) is 18.5. The Morgan fingerprint density at radius 2 is 1.89 bits per heavy atom. The fraction of sp³-hybridized carbons (Fsp3) is 0.184. The third kappa shape index (κ3) is 6.65. The van der Waals surface area contributed by atoms with E-state index < -0.39 is 22.5 Å². The van der Waals surface area contributed by atoms with E-state index in [4.69, 9.17) is 26.1 Å². The molecule has 3 heterocycles. The fourth-order valence-electron chi connectivity index (χ4n) is 6.39. The quantitative estimate of drug-likeness (QED) is 0.0822. The third-order valence-corrected chi connectivity index (χ3v) is 11.0. The average Bonchev–Trinajstić information content (AvgIpc) is 3.70. The van der Waals surface area contributed by atoms with Gasteiger partial charge in [0, 0.05) is 39.7 Å². The van der Waals surface area contributed by atoms with Crippen molar-refractivity contribution in [2.24, 2.45) is 4.99 Å². The van der Waals surface area contributed by atoms with Crippen LogP contribution in [0.1, 0.15) is 37.9 Å². The van der Waals surface area contributed by atoms with Gasteiger partial charge in [-0.3, -0.25) is 19.5 Å². The molecule has 0 saturated heterocycles. The first kappa shape index (κ1) is 35.8. The van der Waals surface area contributed by atoms with Crippen molar-refractivity contribution in [2.75, 3.05) is 13.7 Å². The van der Waals surface area contributed by atoms with E-state index in [1.165, 1.54) is 35.6 Å². The van der Waals surface area contributed by atoms with Crippen LogP contribution in [0.5, 0.6) is 5.75 Å². The van der Waals surface area contributed by atoms with Crippen LogP contribution in [0.15, 0.2) is 110 Å². The van der Waals surface area contributed by atoms with Crippen LogP contribution in [-0.2, 0) is 16.1 Å². The molecular weight excluding hydrogens is 736 g/mol. The number of rotatable bonds is 10. The number of fused-ring (bicyclic) bond motifs is 2. The summed E-state index contributed by atoms with van der Waals surface area (Å²) in [7, 11) is 1.54. The van der Waals surface area contributed by atoms with E-state index in [2.05, 4.69) is 10.2 Å². The molecule has 4 aromatic carbocycles. The Balaban J connectivity index is 1.42. The number of nitro groups is 1. The molecule has 0 spiro atoms. The van der Waals surface area contributed by atoms with E-state index >= 15 is 0 Å². The van der Waals surface area contributed by atoms with Gasteiger partial charge in [-0.15, -0.1) is 10.2 Å². The highest BCUT2D eigenvalue weighted by Gasteiger charge is 2.36. The molecule has 0 N–H and O–H groups in total. The van der Waals surface area contributed by atoms with Crippen LogP contribution in [0, 0.1) is 10.1 Å². The molecule has 15 heteroatoms. The molecule has 53 heavy (non-hydrogen) atoms. The first-order chi connectivity index (χ1) is 25.6. The largest absolute Gasteiger partial charge is 0.496 e. The van der Waals surface area contributed by atoms with Crippen LogP contribution in [0.2, 0.25) is 5.02 Å². The summed E-state index contributed by atoms with van der Waals surface area (Å²) >= 11 is 8.65. The van der Waals surface area contributed by atoms with Gasteiger partial charge in [-0.25, -0.2) is 9.79 Å². The maximum atomic E-state index is 14.6. The number of hydrogen-bond acceptors (Lipinski definition) is 11. The standard InChI is InChI=1S/C38H31ClN6O6S2/c1-5-43-34(23-11-9-12-25(39)18-23)41-42-38(43)52-29-17-15-26(45(48)49)19-24(29)20-30-35(46)44-33(31(36(47)51-6-2)21(3)40-37(44)53-30)32-27-13-8-7-10-22(27)14-16-28(32)50-4/h7-20,33H,5-6H2,1-4H3/b30-20+/t33-/m0/s1. The molecule has 268 valence electrons. The molecule has 1 atom stereocenters. The van der Waals surface area contributed by atoms with Gasteiger partial charge in [0.1, 0.15) is 11.8 Å². The Labute approximate surface area is 315 Å². The summed E-state index contributed by atoms with van der Waals surface area (Å²) in [4.78, 5) is 45.4. The van der Waals surface area contributed by atoms with Crippen molar-refractivity contribution >= 4 is 63.2 Å². The molecule has 6 aromatic rings. The van der Waals surface area contributed by atoms with Gasteiger partial charge >= 0.3 is 5.97 Å². The summed E-state index contributed by atoms with van der Waals surface area (Å²) in [5.74, 6) is 0.498. The topological polar surface area (TPSA) is 144 Å². The minimum atomic E-state index is -0.944. The minimum absolute atomic E-state index is 0.124. The van der Waals surface area contributed by atoms with E-state index in [-0.39, 0.29) is 22.4 Å². The van der Waals surface area contributed by atoms with E-state index in [0.29, 0.717) is 54.8 Å². The Morgan fingerprint density at radius 1 is 1.08 bits per heavy atom. The van der Waals surface area contributed by atoms with E-state index in [1.54, 1.807) is 38.1 Å². The van der Waals surface area contributed by atoms with Gasteiger partial charge in [0.25, 0.3) is 11.2 Å². The highest BCUT2D eigenvalue weighted by Crippen LogP contribution is 2.40. The molecule has 12 nitrogen and oxygen atoms in total. The number of carbonyl (C=O) groups excluding carboxylic acids is 1. The van der Waals surface area contributed by atoms with Crippen LogP contribution < -0.4 is 19.6 Å². The average molecular weight is 767 g/mol. The van der Waals surface area contributed by atoms with Crippen LogP contribution in [0.4, 0.5) is 5.69 Å². The lowest BCUT2D eigenvalue weighted by atomic mass is 9.90. The second kappa shape index (κ2) is 14.8.